The van der Waals surface area contributed by atoms with Gasteiger partial charge < -0.3 is 5.32 Å². The average molecular weight is 338 g/mol. The van der Waals surface area contributed by atoms with E-state index in [0.717, 1.165) is 37.7 Å². The smallest absolute Gasteiger partial charge is 0.234 e. The molecule has 1 aliphatic heterocycles. The molecule has 5 heteroatoms. The third kappa shape index (κ3) is 6.13. The summed E-state index contributed by atoms with van der Waals surface area (Å²) in [7, 11) is 0. The molecule has 1 fully saturated rings. The van der Waals surface area contributed by atoms with Crippen LogP contribution in [0.1, 0.15) is 26.3 Å². The van der Waals surface area contributed by atoms with E-state index in [4.69, 9.17) is 11.6 Å². The molecule has 0 aromatic heterocycles. The molecule has 1 saturated heterocycles. The minimum absolute atomic E-state index is 0.136. The van der Waals surface area contributed by atoms with Crippen LogP contribution in [0, 0.1) is 5.92 Å². The lowest BCUT2D eigenvalue weighted by atomic mass is 10.1. The molecule has 128 valence electrons. The Balaban J connectivity index is 1.71. The second-order valence-electron chi connectivity index (χ2n) is 6.78. The van der Waals surface area contributed by atoms with Crippen molar-refractivity contribution >= 4 is 17.5 Å². The zero-order valence-electron chi connectivity index (χ0n) is 14.4. The first kappa shape index (κ1) is 18.2. The number of piperazine rings is 1. The molecule has 0 spiro atoms. The van der Waals surface area contributed by atoms with Crippen LogP contribution in [0.2, 0.25) is 5.02 Å². The fourth-order valence-corrected chi connectivity index (χ4v) is 2.75. The maximum atomic E-state index is 12.1. The van der Waals surface area contributed by atoms with Gasteiger partial charge in [0, 0.05) is 43.8 Å². The number of benzene rings is 1. The van der Waals surface area contributed by atoms with Crippen LogP contribution < -0.4 is 5.32 Å². The molecule has 4 nitrogen and oxygen atoms in total. The van der Waals surface area contributed by atoms with Crippen LogP contribution in [0.25, 0.3) is 0 Å². The van der Waals surface area contributed by atoms with Crippen LogP contribution in [0.4, 0.5) is 0 Å². The highest BCUT2D eigenvalue weighted by molar-refractivity contribution is 6.30. The Morgan fingerprint density at radius 3 is 2.22 bits per heavy atom. The fraction of sp³-hybridized carbons (Fsp3) is 0.611. The van der Waals surface area contributed by atoms with Gasteiger partial charge in [-0.2, -0.15) is 0 Å². The van der Waals surface area contributed by atoms with E-state index in [0.29, 0.717) is 12.5 Å². The van der Waals surface area contributed by atoms with Crippen molar-refractivity contribution in [3.8, 4) is 0 Å². The normalized spacial score (nSPS) is 18.1. The maximum absolute atomic E-state index is 12.1. The number of nitrogens with zero attached hydrogens (tertiary/aromatic N) is 2. The van der Waals surface area contributed by atoms with Gasteiger partial charge in [0.25, 0.3) is 0 Å². The van der Waals surface area contributed by atoms with E-state index < -0.39 is 0 Å². The summed E-state index contributed by atoms with van der Waals surface area (Å²) >= 11 is 5.92. The summed E-state index contributed by atoms with van der Waals surface area (Å²) in [5.74, 6) is 0.604. The second-order valence-corrected chi connectivity index (χ2v) is 7.22. The molecule has 1 atom stereocenters. The van der Waals surface area contributed by atoms with Crippen molar-refractivity contribution < 1.29 is 4.79 Å². The lowest BCUT2D eigenvalue weighted by Gasteiger charge is -2.34. The standard InChI is InChI=1S/C18H28ClN3O/c1-14(2)15(3)20-18(23)13-22-10-8-21(9-11-22)12-16-4-6-17(19)7-5-16/h4-7,14-15H,8-13H2,1-3H3,(H,20,23)/t15-/m1/s1. The Labute approximate surface area is 144 Å². The number of amides is 1. The third-order valence-electron chi connectivity index (χ3n) is 4.54. The minimum Gasteiger partial charge on any atom is -0.352 e. The molecule has 23 heavy (non-hydrogen) atoms. The van der Waals surface area contributed by atoms with Crippen LogP contribution in [0.3, 0.4) is 0 Å². The minimum atomic E-state index is 0.136. The second kappa shape index (κ2) is 8.67. The summed E-state index contributed by atoms with van der Waals surface area (Å²) < 4.78 is 0. The Morgan fingerprint density at radius 2 is 1.65 bits per heavy atom. The summed E-state index contributed by atoms with van der Waals surface area (Å²) in [5, 5.41) is 3.85. The van der Waals surface area contributed by atoms with Crippen molar-refractivity contribution in [3.63, 3.8) is 0 Å². The summed E-state index contributed by atoms with van der Waals surface area (Å²) in [5.41, 5.74) is 1.28. The molecule has 1 N–H and O–H groups in total. The zero-order valence-corrected chi connectivity index (χ0v) is 15.1. The quantitative estimate of drug-likeness (QED) is 0.866. The SMILES string of the molecule is CC(C)[C@@H](C)NC(=O)CN1CCN(Cc2ccc(Cl)cc2)CC1. The van der Waals surface area contributed by atoms with Crippen molar-refractivity contribution in [3.05, 3.63) is 34.9 Å². The number of carbonyl (C=O) groups is 1. The molecule has 1 aliphatic rings. The summed E-state index contributed by atoms with van der Waals surface area (Å²) in [6.07, 6.45) is 0. The molecule has 1 amide bonds. The average Bonchev–Trinajstić information content (AvgIpc) is 2.51. The Bertz CT molecular complexity index is 495. The molecule has 0 saturated carbocycles. The van der Waals surface area contributed by atoms with Crippen molar-refractivity contribution in [2.24, 2.45) is 5.92 Å². The van der Waals surface area contributed by atoms with Crippen LogP contribution in [0.15, 0.2) is 24.3 Å². The first-order chi connectivity index (χ1) is 10.9. The number of hydrogen-bond acceptors (Lipinski definition) is 3. The highest BCUT2D eigenvalue weighted by Crippen LogP contribution is 2.13. The monoisotopic (exact) mass is 337 g/mol. The number of rotatable bonds is 6. The summed E-state index contributed by atoms with van der Waals surface area (Å²) in [6.45, 7) is 11.6. The van der Waals surface area contributed by atoms with E-state index >= 15 is 0 Å². The van der Waals surface area contributed by atoms with Crippen LogP contribution in [0.5, 0.6) is 0 Å². The Kier molecular flexibility index (Phi) is 6.88. The van der Waals surface area contributed by atoms with Crippen LogP contribution >= 0.6 is 11.6 Å². The zero-order chi connectivity index (χ0) is 16.8. The highest BCUT2D eigenvalue weighted by atomic mass is 35.5. The van der Waals surface area contributed by atoms with E-state index in [1.807, 2.05) is 12.1 Å². The van der Waals surface area contributed by atoms with E-state index in [1.54, 1.807) is 0 Å². The van der Waals surface area contributed by atoms with Gasteiger partial charge in [0.1, 0.15) is 0 Å². The van der Waals surface area contributed by atoms with Gasteiger partial charge >= 0.3 is 0 Å². The number of hydrogen-bond donors (Lipinski definition) is 1. The lowest BCUT2D eigenvalue weighted by Crippen LogP contribution is -2.50. The molecule has 1 aromatic rings. The van der Waals surface area contributed by atoms with Crippen LogP contribution in [-0.2, 0) is 11.3 Å². The van der Waals surface area contributed by atoms with Gasteiger partial charge in [-0.1, -0.05) is 37.6 Å². The van der Waals surface area contributed by atoms with E-state index in [2.05, 4.69) is 48.0 Å². The van der Waals surface area contributed by atoms with Gasteiger partial charge in [-0.25, -0.2) is 0 Å². The van der Waals surface area contributed by atoms with Gasteiger partial charge in [-0.15, -0.1) is 0 Å². The van der Waals surface area contributed by atoms with E-state index in [9.17, 15) is 4.79 Å². The third-order valence-corrected chi connectivity index (χ3v) is 4.79. The predicted molar refractivity (Wildman–Crippen MR) is 95.6 cm³/mol. The van der Waals surface area contributed by atoms with Crippen molar-refractivity contribution in [1.82, 2.24) is 15.1 Å². The molecule has 2 rings (SSSR count). The Morgan fingerprint density at radius 1 is 1.09 bits per heavy atom. The molecule has 1 heterocycles. The van der Waals surface area contributed by atoms with E-state index in [-0.39, 0.29) is 11.9 Å². The fourth-order valence-electron chi connectivity index (χ4n) is 2.62. The molecule has 0 unspecified atom stereocenters. The number of halogens is 1. The summed E-state index contributed by atoms with van der Waals surface area (Å²) in [4.78, 5) is 16.7. The Hall–Kier alpha value is -1.10. The molecule has 0 bridgehead atoms. The number of nitrogens with one attached hydrogen (secondary N) is 1. The topological polar surface area (TPSA) is 35.6 Å². The maximum Gasteiger partial charge on any atom is 0.234 e. The lowest BCUT2D eigenvalue weighted by molar-refractivity contribution is -0.123. The van der Waals surface area contributed by atoms with Crippen molar-refractivity contribution in [1.29, 1.82) is 0 Å². The molecular weight excluding hydrogens is 310 g/mol. The van der Waals surface area contributed by atoms with Crippen molar-refractivity contribution in [2.75, 3.05) is 32.7 Å². The predicted octanol–water partition coefficient (Wildman–Crippen LogP) is 2.62. The number of carbonyl (C=O) groups excluding carboxylic acids is 1. The van der Waals surface area contributed by atoms with Gasteiger partial charge in [-0.3, -0.25) is 14.6 Å². The highest BCUT2D eigenvalue weighted by Gasteiger charge is 2.20. The largest absolute Gasteiger partial charge is 0.352 e. The molecule has 0 aliphatic carbocycles. The first-order valence-electron chi connectivity index (χ1n) is 8.42. The van der Waals surface area contributed by atoms with Crippen LogP contribution in [-0.4, -0.2) is 54.5 Å². The van der Waals surface area contributed by atoms with Gasteiger partial charge in [0.2, 0.25) is 5.91 Å². The first-order valence-corrected chi connectivity index (χ1v) is 8.80. The molecule has 1 aromatic carbocycles. The van der Waals surface area contributed by atoms with Gasteiger partial charge in [-0.05, 0) is 30.5 Å². The van der Waals surface area contributed by atoms with Gasteiger partial charge in [0.05, 0.1) is 6.54 Å². The van der Waals surface area contributed by atoms with Gasteiger partial charge in [0.15, 0.2) is 0 Å². The molecule has 0 radical (unpaired) electrons. The van der Waals surface area contributed by atoms with Crippen molar-refractivity contribution in [2.45, 2.75) is 33.4 Å². The summed E-state index contributed by atoms with van der Waals surface area (Å²) in [6, 6.07) is 8.26. The molecular formula is C18H28ClN3O. The van der Waals surface area contributed by atoms with E-state index in [1.165, 1.54) is 5.56 Å².